The minimum Gasteiger partial charge on any atom is -0.507 e. The summed E-state index contributed by atoms with van der Waals surface area (Å²) in [4.78, 5) is 25.4. The number of anilines is 1. The molecule has 1 aliphatic carbocycles. The van der Waals surface area contributed by atoms with Crippen molar-refractivity contribution in [1.29, 1.82) is 0 Å². The molecule has 7 heteroatoms. The molecule has 7 nitrogen and oxygen atoms in total. The number of aromatic hydroxyl groups is 1. The Hall–Kier alpha value is -3.58. The molecule has 0 saturated heterocycles. The van der Waals surface area contributed by atoms with Gasteiger partial charge in [0, 0.05) is 30.2 Å². The lowest BCUT2D eigenvalue weighted by Gasteiger charge is -2.20. The van der Waals surface area contributed by atoms with Crippen LogP contribution < -0.4 is 10.9 Å². The normalized spacial score (nSPS) is 14.8. The van der Waals surface area contributed by atoms with Gasteiger partial charge in [-0.15, -0.1) is 0 Å². The summed E-state index contributed by atoms with van der Waals surface area (Å²) in [5.74, 6) is 0.0141. The van der Waals surface area contributed by atoms with Gasteiger partial charge in [0.2, 0.25) is 0 Å². The van der Waals surface area contributed by atoms with Crippen molar-refractivity contribution in [2.45, 2.75) is 51.0 Å². The number of amides is 1. The van der Waals surface area contributed by atoms with Crippen molar-refractivity contribution in [2.75, 3.05) is 11.9 Å². The van der Waals surface area contributed by atoms with Crippen molar-refractivity contribution in [1.82, 2.24) is 0 Å². The number of aliphatic hydroxyl groups is 1. The number of benzene rings is 2. The molecular weight excluding hydrogens is 446 g/mol. The standard InChI is InChI=1S/C28H31NO6/c1-2-19(13-14-30)24-16-23(31)26(27(32)35-24)25(20-11-12-20)21-9-6-10-22(15-21)29-28(33)34-17-18-7-4-3-5-8-18/h3-10,15-16,19-20,25,30-31H,2,11-14,17H2,1H3,(H,29,33). The van der Waals surface area contributed by atoms with Crippen molar-refractivity contribution in [3.05, 3.63) is 93.5 Å². The molecule has 1 fully saturated rings. The van der Waals surface area contributed by atoms with Crippen LogP contribution in [-0.2, 0) is 11.3 Å². The lowest BCUT2D eigenvalue weighted by Crippen LogP contribution is -2.18. The van der Waals surface area contributed by atoms with Gasteiger partial charge in [-0.1, -0.05) is 49.4 Å². The highest BCUT2D eigenvalue weighted by Gasteiger charge is 2.37. The first kappa shape index (κ1) is 24.5. The summed E-state index contributed by atoms with van der Waals surface area (Å²) in [6, 6.07) is 18.2. The van der Waals surface area contributed by atoms with Crippen LogP contribution in [0.4, 0.5) is 10.5 Å². The quantitative estimate of drug-likeness (QED) is 0.355. The molecule has 184 valence electrons. The molecule has 3 aromatic rings. The third-order valence-electron chi connectivity index (χ3n) is 6.47. The number of carbonyl (C=O) groups is 1. The third kappa shape index (κ3) is 6.11. The van der Waals surface area contributed by atoms with Gasteiger partial charge in [-0.2, -0.15) is 0 Å². The highest BCUT2D eigenvalue weighted by Crippen LogP contribution is 2.48. The van der Waals surface area contributed by atoms with E-state index in [-0.39, 0.29) is 42.3 Å². The first-order valence-electron chi connectivity index (χ1n) is 12.1. The zero-order valence-corrected chi connectivity index (χ0v) is 19.8. The SMILES string of the molecule is CCC(CCO)c1cc(O)c(C(c2cccc(NC(=O)OCc3ccccc3)c2)C2CC2)c(=O)o1. The van der Waals surface area contributed by atoms with Gasteiger partial charge in [-0.25, -0.2) is 9.59 Å². The van der Waals surface area contributed by atoms with E-state index in [1.807, 2.05) is 43.3 Å². The Balaban J connectivity index is 1.55. The largest absolute Gasteiger partial charge is 0.507 e. The first-order valence-corrected chi connectivity index (χ1v) is 12.1. The molecule has 4 rings (SSSR count). The smallest absolute Gasteiger partial charge is 0.411 e. The first-order chi connectivity index (χ1) is 17.0. The van der Waals surface area contributed by atoms with E-state index in [4.69, 9.17) is 9.15 Å². The second-order valence-corrected chi connectivity index (χ2v) is 8.98. The molecule has 2 atom stereocenters. The van der Waals surface area contributed by atoms with E-state index in [0.717, 1.165) is 24.0 Å². The molecular formula is C28H31NO6. The molecule has 1 amide bonds. The Kier molecular flexibility index (Phi) is 7.87. The summed E-state index contributed by atoms with van der Waals surface area (Å²) in [6.07, 6.45) is 2.44. The Bertz CT molecular complexity index is 1200. The van der Waals surface area contributed by atoms with E-state index < -0.39 is 11.7 Å². The fourth-order valence-corrected chi connectivity index (χ4v) is 4.49. The summed E-state index contributed by atoms with van der Waals surface area (Å²) < 4.78 is 10.9. The van der Waals surface area contributed by atoms with Crippen LogP contribution in [-0.4, -0.2) is 22.9 Å². The van der Waals surface area contributed by atoms with E-state index in [1.54, 1.807) is 18.2 Å². The molecule has 1 saturated carbocycles. The summed E-state index contributed by atoms with van der Waals surface area (Å²) in [5, 5.41) is 22.9. The predicted molar refractivity (Wildman–Crippen MR) is 133 cm³/mol. The second kappa shape index (κ2) is 11.2. The Labute approximate surface area is 204 Å². The lowest BCUT2D eigenvalue weighted by molar-refractivity contribution is 0.155. The van der Waals surface area contributed by atoms with Crippen LogP contribution >= 0.6 is 0 Å². The van der Waals surface area contributed by atoms with Crippen LogP contribution in [0.15, 0.2) is 69.9 Å². The fraction of sp³-hybridized carbons (Fsp3) is 0.357. The van der Waals surface area contributed by atoms with Crippen molar-refractivity contribution < 1.29 is 24.2 Å². The van der Waals surface area contributed by atoms with Gasteiger partial charge in [0.25, 0.3) is 0 Å². The molecule has 35 heavy (non-hydrogen) atoms. The van der Waals surface area contributed by atoms with E-state index >= 15 is 0 Å². The molecule has 1 heterocycles. The van der Waals surface area contributed by atoms with Crippen molar-refractivity contribution in [2.24, 2.45) is 5.92 Å². The van der Waals surface area contributed by atoms with Crippen LogP contribution in [0.3, 0.4) is 0 Å². The minimum atomic E-state index is -0.574. The van der Waals surface area contributed by atoms with E-state index in [2.05, 4.69) is 5.32 Å². The van der Waals surface area contributed by atoms with Gasteiger partial charge >= 0.3 is 11.7 Å². The lowest BCUT2D eigenvalue weighted by atomic mass is 9.86. The molecule has 2 aromatic carbocycles. The molecule has 2 unspecified atom stereocenters. The topological polar surface area (TPSA) is 109 Å². The van der Waals surface area contributed by atoms with Gasteiger partial charge in [-0.3, -0.25) is 5.32 Å². The maximum absolute atomic E-state index is 13.0. The number of carbonyl (C=O) groups excluding carboxylic acids is 1. The monoisotopic (exact) mass is 477 g/mol. The molecule has 3 N–H and O–H groups in total. The van der Waals surface area contributed by atoms with Crippen LogP contribution in [0.1, 0.15) is 66.9 Å². The number of ether oxygens (including phenoxy) is 1. The number of hydrogen-bond donors (Lipinski definition) is 3. The van der Waals surface area contributed by atoms with Gasteiger partial charge in [0.15, 0.2) is 0 Å². The molecule has 0 spiro atoms. The Morgan fingerprint density at radius 1 is 1.14 bits per heavy atom. The average Bonchev–Trinajstić information content (AvgIpc) is 3.69. The van der Waals surface area contributed by atoms with Crippen molar-refractivity contribution in [3.8, 4) is 5.75 Å². The van der Waals surface area contributed by atoms with E-state index in [9.17, 15) is 19.8 Å². The molecule has 0 aliphatic heterocycles. The van der Waals surface area contributed by atoms with E-state index in [1.165, 1.54) is 6.07 Å². The second-order valence-electron chi connectivity index (χ2n) is 8.98. The van der Waals surface area contributed by atoms with Crippen LogP contribution in [0, 0.1) is 5.92 Å². The highest BCUT2D eigenvalue weighted by atomic mass is 16.5. The van der Waals surface area contributed by atoms with Crippen LogP contribution in [0.25, 0.3) is 0 Å². The fourth-order valence-electron chi connectivity index (χ4n) is 4.49. The molecule has 0 bridgehead atoms. The number of nitrogens with one attached hydrogen (secondary N) is 1. The molecule has 1 aromatic heterocycles. The zero-order chi connectivity index (χ0) is 24.8. The molecule has 0 radical (unpaired) electrons. The highest BCUT2D eigenvalue weighted by molar-refractivity contribution is 5.84. The Morgan fingerprint density at radius 2 is 1.91 bits per heavy atom. The van der Waals surface area contributed by atoms with E-state index in [0.29, 0.717) is 24.3 Å². The maximum Gasteiger partial charge on any atom is 0.411 e. The van der Waals surface area contributed by atoms with Crippen LogP contribution in [0.5, 0.6) is 5.75 Å². The summed E-state index contributed by atoms with van der Waals surface area (Å²) in [6.45, 7) is 2.08. The summed E-state index contributed by atoms with van der Waals surface area (Å²) in [5.41, 5.74) is 1.92. The number of aliphatic hydroxyl groups excluding tert-OH is 1. The summed E-state index contributed by atoms with van der Waals surface area (Å²) >= 11 is 0. The van der Waals surface area contributed by atoms with Gasteiger partial charge in [0.05, 0.1) is 5.56 Å². The van der Waals surface area contributed by atoms with Crippen molar-refractivity contribution in [3.63, 3.8) is 0 Å². The van der Waals surface area contributed by atoms with Gasteiger partial charge in [-0.05, 0) is 54.9 Å². The average molecular weight is 478 g/mol. The maximum atomic E-state index is 13.0. The number of rotatable bonds is 10. The third-order valence-corrected chi connectivity index (χ3v) is 6.47. The van der Waals surface area contributed by atoms with Crippen molar-refractivity contribution >= 4 is 11.8 Å². The van der Waals surface area contributed by atoms with Crippen LogP contribution in [0.2, 0.25) is 0 Å². The molecule has 1 aliphatic rings. The minimum absolute atomic E-state index is 0.0248. The van der Waals surface area contributed by atoms with Gasteiger partial charge in [0.1, 0.15) is 18.1 Å². The van der Waals surface area contributed by atoms with Gasteiger partial charge < -0.3 is 19.4 Å². The number of hydrogen-bond acceptors (Lipinski definition) is 6. The summed E-state index contributed by atoms with van der Waals surface area (Å²) in [7, 11) is 0. The zero-order valence-electron chi connectivity index (χ0n) is 19.8. The predicted octanol–water partition coefficient (Wildman–Crippen LogP) is 5.51. The Morgan fingerprint density at radius 3 is 2.57 bits per heavy atom.